The number of hydrogen-bond acceptors (Lipinski definition) is 4. The summed E-state index contributed by atoms with van der Waals surface area (Å²) in [5, 5.41) is 6.64. The van der Waals surface area contributed by atoms with Crippen LogP contribution in [0.4, 0.5) is 5.82 Å². The van der Waals surface area contributed by atoms with Gasteiger partial charge in [0.05, 0.1) is 17.0 Å². The van der Waals surface area contributed by atoms with E-state index in [2.05, 4.69) is 15.6 Å². The van der Waals surface area contributed by atoms with Crippen molar-refractivity contribution in [3.05, 3.63) is 23.4 Å². The summed E-state index contributed by atoms with van der Waals surface area (Å²) in [6, 6.07) is 3.28. The van der Waals surface area contributed by atoms with Gasteiger partial charge in [0.1, 0.15) is 5.82 Å². The molecule has 1 aromatic rings. The van der Waals surface area contributed by atoms with Crippen molar-refractivity contribution < 1.29 is 9.59 Å². The molecule has 2 fully saturated rings. The number of nitrogens with zero attached hydrogens (tertiary/aromatic N) is 2. The van der Waals surface area contributed by atoms with Crippen LogP contribution in [0.2, 0.25) is 5.02 Å². The Labute approximate surface area is 147 Å². The van der Waals surface area contributed by atoms with Gasteiger partial charge in [0.2, 0.25) is 11.8 Å². The third kappa shape index (κ3) is 4.24. The largest absolute Gasteiger partial charge is 0.341 e. The molecule has 6 nitrogen and oxygen atoms in total. The lowest BCUT2D eigenvalue weighted by molar-refractivity contribution is -0.137. The summed E-state index contributed by atoms with van der Waals surface area (Å²) < 4.78 is 0. The molecular formula is C17H23ClN4O2. The highest BCUT2D eigenvalue weighted by Crippen LogP contribution is 2.21. The third-order valence-corrected chi connectivity index (χ3v) is 4.91. The Morgan fingerprint density at radius 3 is 2.83 bits per heavy atom. The van der Waals surface area contributed by atoms with E-state index in [0.717, 1.165) is 45.2 Å². The summed E-state index contributed by atoms with van der Waals surface area (Å²) in [6.45, 7) is 2.12. The Bertz CT molecular complexity index is 587. The SMILES string of the molecule is O=C(Nc1ccc(Cl)cn1)C1CCCN(C(=O)C2CCCCN2)C1. The van der Waals surface area contributed by atoms with E-state index < -0.39 is 0 Å². The lowest BCUT2D eigenvalue weighted by Crippen LogP contribution is -2.52. The molecule has 1 aromatic heterocycles. The zero-order valence-electron chi connectivity index (χ0n) is 13.6. The molecule has 0 spiro atoms. The number of aromatic nitrogens is 1. The Kier molecular flexibility index (Phi) is 5.68. The molecule has 0 aliphatic carbocycles. The predicted octanol–water partition coefficient (Wildman–Crippen LogP) is 2.05. The molecular weight excluding hydrogens is 328 g/mol. The average Bonchev–Trinajstić information content (AvgIpc) is 2.64. The number of hydrogen-bond donors (Lipinski definition) is 2. The standard InChI is InChI=1S/C17H23ClN4O2/c18-13-6-7-15(20-10-13)21-16(23)12-4-3-9-22(11-12)17(24)14-5-1-2-8-19-14/h6-7,10,12,14,19H,1-5,8-9,11H2,(H,20,21,23). The van der Waals surface area contributed by atoms with E-state index in [0.29, 0.717) is 17.4 Å². The minimum Gasteiger partial charge on any atom is -0.341 e. The fourth-order valence-electron chi connectivity index (χ4n) is 3.35. The van der Waals surface area contributed by atoms with Gasteiger partial charge in [-0.3, -0.25) is 9.59 Å². The van der Waals surface area contributed by atoms with Crippen LogP contribution < -0.4 is 10.6 Å². The zero-order chi connectivity index (χ0) is 16.9. The molecule has 2 saturated heterocycles. The van der Waals surface area contributed by atoms with E-state index in [-0.39, 0.29) is 23.8 Å². The van der Waals surface area contributed by atoms with Crippen LogP contribution in [-0.2, 0) is 9.59 Å². The van der Waals surface area contributed by atoms with Crippen LogP contribution in [0.5, 0.6) is 0 Å². The van der Waals surface area contributed by atoms with Crippen molar-refractivity contribution in [3.63, 3.8) is 0 Å². The first kappa shape index (κ1) is 17.2. The minimum atomic E-state index is -0.191. The van der Waals surface area contributed by atoms with Crippen molar-refractivity contribution in [2.24, 2.45) is 5.92 Å². The number of piperidine rings is 2. The lowest BCUT2D eigenvalue weighted by atomic mass is 9.95. The van der Waals surface area contributed by atoms with E-state index in [1.807, 2.05) is 4.90 Å². The first-order valence-electron chi connectivity index (χ1n) is 8.58. The normalized spacial score (nSPS) is 24.5. The Morgan fingerprint density at radius 2 is 2.12 bits per heavy atom. The Balaban J connectivity index is 1.57. The fraction of sp³-hybridized carbons (Fsp3) is 0.588. The molecule has 2 amide bonds. The number of likely N-dealkylation sites (tertiary alicyclic amines) is 1. The molecule has 2 N–H and O–H groups in total. The summed E-state index contributed by atoms with van der Waals surface area (Å²) in [5.41, 5.74) is 0. The van der Waals surface area contributed by atoms with Gasteiger partial charge < -0.3 is 15.5 Å². The van der Waals surface area contributed by atoms with Crippen LogP contribution in [0, 0.1) is 5.92 Å². The van der Waals surface area contributed by atoms with Crippen LogP contribution in [0.1, 0.15) is 32.1 Å². The summed E-state index contributed by atoms with van der Waals surface area (Å²) in [5.74, 6) is 0.348. The van der Waals surface area contributed by atoms with Crippen molar-refractivity contribution in [2.45, 2.75) is 38.1 Å². The molecule has 0 radical (unpaired) electrons. The van der Waals surface area contributed by atoms with Crippen LogP contribution in [0.25, 0.3) is 0 Å². The molecule has 0 bridgehead atoms. The topological polar surface area (TPSA) is 74.3 Å². The third-order valence-electron chi connectivity index (χ3n) is 4.69. The maximum absolute atomic E-state index is 12.6. The van der Waals surface area contributed by atoms with Crippen LogP contribution in [-0.4, -0.2) is 47.4 Å². The molecule has 24 heavy (non-hydrogen) atoms. The Hall–Kier alpha value is -1.66. The molecule has 2 aliphatic heterocycles. The monoisotopic (exact) mass is 350 g/mol. The van der Waals surface area contributed by atoms with Gasteiger partial charge in [0.25, 0.3) is 0 Å². The number of anilines is 1. The molecule has 7 heteroatoms. The van der Waals surface area contributed by atoms with E-state index >= 15 is 0 Å². The summed E-state index contributed by atoms with van der Waals surface area (Å²) >= 11 is 5.80. The molecule has 0 aromatic carbocycles. The second-order valence-corrected chi connectivity index (χ2v) is 6.91. The number of pyridine rings is 1. The van der Waals surface area contributed by atoms with Gasteiger partial charge >= 0.3 is 0 Å². The first-order valence-corrected chi connectivity index (χ1v) is 8.96. The van der Waals surface area contributed by atoms with Gasteiger partial charge in [0, 0.05) is 19.3 Å². The van der Waals surface area contributed by atoms with Crippen LogP contribution >= 0.6 is 11.6 Å². The maximum atomic E-state index is 12.6. The van der Waals surface area contributed by atoms with E-state index in [1.165, 1.54) is 6.20 Å². The summed E-state index contributed by atoms with van der Waals surface area (Å²) in [6.07, 6.45) is 6.25. The number of nitrogens with one attached hydrogen (secondary N) is 2. The summed E-state index contributed by atoms with van der Waals surface area (Å²) in [7, 11) is 0. The number of carbonyl (C=O) groups is 2. The molecule has 2 atom stereocenters. The smallest absolute Gasteiger partial charge is 0.239 e. The quantitative estimate of drug-likeness (QED) is 0.875. The second kappa shape index (κ2) is 7.94. The minimum absolute atomic E-state index is 0.0843. The predicted molar refractivity (Wildman–Crippen MR) is 92.8 cm³/mol. The van der Waals surface area contributed by atoms with Gasteiger partial charge in [-0.1, -0.05) is 18.0 Å². The number of rotatable bonds is 3. The van der Waals surface area contributed by atoms with Crippen LogP contribution in [0.15, 0.2) is 18.3 Å². The van der Waals surface area contributed by atoms with Crippen LogP contribution in [0.3, 0.4) is 0 Å². The van der Waals surface area contributed by atoms with Gasteiger partial charge in [-0.2, -0.15) is 0 Å². The first-order chi connectivity index (χ1) is 11.6. The van der Waals surface area contributed by atoms with E-state index in [1.54, 1.807) is 12.1 Å². The number of amides is 2. The Morgan fingerprint density at radius 1 is 1.25 bits per heavy atom. The highest BCUT2D eigenvalue weighted by atomic mass is 35.5. The van der Waals surface area contributed by atoms with Crippen molar-refractivity contribution in [3.8, 4) is 0 Å². The molecule has 2 unspecified atom stereocenters. The van der Waals surface area contributed by atoms with Gasteiger partial charge in [-0.25, -0.2) is 4.98 Å². The fourth-order valence-corrected chi connectivity index (χ4v) is 3.46. The van der Waals surface area contributed by atoms with Crippen molar-refractivity contribution in [2.75, 3.05) is 25.0 Å². The second-order valence-electron chi connectivity index (χ2n) is 6.48. The highest BCUT2D eigenvalue weighted by molar-refractivity contribution is 6.30. The highest BCUT2D eigenvalue weighted by Gasteiger charge is 2.32. The van der Waals surface area contributed by atoms with Crippen molar-refractivity contribution in [1.82, 2.24) is 15.2 Å². The molecule has 130 valence electrons. The maximum Gasteiger partial charge on any atom is 0.239 e. The van der Waals surface area contributed by atoms with Gasteiger partial charge in [-0.05, 0) is 44.4 Å². The number of carbonyl (C=O) groups excluding carboxylic acids is 2. The van der Waals surface area contributed by atoms with Crippen molar-refractivity contribution in [1.29, 1.82) is 0 Å². The molecule has 0 saturated carbocycles. The van der Waals surface area contributed by atoms with Gasteiger partial charge in [-0.15, -0.1) is 0 Å². The molecule has 3 rings (SSSR count). The molecule has 2 aliphatic rings. The lowest BCUT2D eigenvalue weighted by Gasteiger charge is -2.35. The summed E-state index contributed by atoms with van der Waals surface area (Å²) in [4.78, 5) is 31.0. The number of halogens is 1. The van der Waals surface area contributed by atoms with E-state index in [4.69, 9.17) is 11.6 Å². The van der Waals surface area contributed by atoms with E-state index in [9.17, 15) is 9.59 Å². The average molecular weight is 351 g/mol. The van der Waals surface area contributed by atoms with Gasteiger partial charge in [0.15, 0.2) is 0 Å². The zero-order valence-corrected chi connectivity index (χ0v) is 14.4. The van der Waals surface area contributed by atoms with Crippen molar-refractivity contribution >= 4 is 29.2 Å². The molecule has 3 heterocycles.